The van der Waals surface area contributed by atoms with Crippen molar-refractivity contribution in [3.63, 3.8) is 0 Å². The summed E-state index contributed by atoms with van der Waals surface area (Å²) in [6, 6.07) is 9.49. The minimum absolute atomic E-state index is 0.00293. The highest BCUT2D eigenvalue weighted by Gasteiger charge is 2.31. The topological polar surface area (TPSA) is 101 Å². The maximum Gasteiger partial charge on any atom is 0.416 e. The van der Waals surface area contributed by atoms with E-state index in [9.17, 15) is 22.8 Å². The van der Waals surface area contributed by atoms with Gasteiger partial charge in [0.05, 0.1) is 23.9 Å². The number of halogens is 3. The minimum atomic E-state index is -4.59. The molecule has 2 aromatic heterocycles. The summed E-state index contributed by atoms with van der Waals surface area (Å²) in [4.78, 5) is 26.2. The molecule has 3 aromatic rings. The van der Waals surface area contributed by atoms with Crippen LogP contribution < -0.4 is 10.9 Å². The molecule has 1 aromatic carbocycles. The maximum atomic E-state index is 13.3. The van der Waals surface area contributed by atoms with Gasteiger partial charge in [-0.15, -0.1) is 0 Å². The SMILES string of the molecule is Cc1c(CCC#N)cc(C(=O)NCc2cc(C3CC3)no2)c(=O)n1-c1cccc(C(F)(F)F)c1. The molecule has 1 fully saturated rings. The van der Waals surface area contributed by atoms with E-state index in [0.717, 1.165) is 35.2 Å². The summed E-state index contributed by atoms with van der Waals surface area (Å²) in [5.41, 5.74) is -0.231. The molecule has 0 spiro atoms. The number of carbonyl (C=O) groups excluding carboxylic acids is 1. The van der Waals surface area contributed by atoms with Crippen molar-refractivity contribution in [1.82, 2.24) is 15.0 Å². The molecule has 4 rings (SSSR count). The number of amides is 1. The molecule has 10 heteroatoms. The van der Waals surface area contributed by atoms with Gasteiger partial charge in [0.2, 0.25) is 0 Å². The molecule has 1 N–H and O–H groups in total. The van der Waals surface area contributed by atoms with Gasteiger partial charge in [0.25, 0.3) is 11.5 Å². The van der Waals surface area contributed by atoms with E-state index in [1.54, 1.807) is 13.0 Å². The number of nitrogens with one attached hydrogen (secondary N) is 1. The van der Waals surface area contributed by atoms with E-state index in [2.05, 4.69) is 10.5 Å². The second kappa shape index (κ2) is 9.17. The van der Waals surface area contributed by atoms with Crippen molar-refractivity contribution in [2.75, 3.05) is 0 Å². The Kier molecular flexibility index (Phi) is 6.28. The van der Waals surface area contributed by atoms with Gasteiger partial charge in [-0.3, -0.25) is 14.2 Å². The number of alkyl halides is 3. The molecular weight excluding hydrogens is 449 g/mol. The minimum Gasteiger partial charge on any atom is -0.359 e. The Morgan fingerprint density at radius 3 is 2.74 bits per heavy atom. The molecule has 0 atom stereocenters. The van der Waals surface area contributed by atoms with Crippen molar-refractivity contribution < 1.29 is 22.5 Å². The molecule has 34 heavy (non-hydrogen) atoms. The molecule has 0 radical (unpaired) electrons. The largest absolute Gasteiger partial charge is 0.416 e. The van der Waals surface area contributed by atoms with Gasteiger partial charge in [0, 0.05) is 29.8 Å². The van der Waals surface area contributed by atoms with Crippen molar-refractivity contribution >= 4 is 5.91 Å². The lowest BCUT2D eigenvalue weighted by atomic mass is 10.0. The average molecular weight is 470 g/mol. The zero-order chi connectivity index (χ0) is 24.5. The van der Waals surface area contributed by atoms with Crippen LogP contribution in [0.15, 0.2) is 45.7 Å². The number of nitrogens with zero attached hydrogens (tertiary/aromatic N) is 3. The fourth-order valence-corrected chi connectivity index (χ4v) is 3.74. The molecule has 0 unspecified atom stereocenters. The Bertz CT molecular complexity index is 1330. The van der Waals surface area contributed by atoms with Crippen LogP contribution in [0.25, 0.3) is 5.69 Å². The Balaban J connectivity index is 1.69. The standard InChI is InChI=1S/C24H21F3N4O3/c1-14-16(4-3-9-28)10-20(22(32)29-13-19-12-21(30-34-19)15-7-8-15)23(33)31(14)18-6-2-5-17(11-18)24(25,26)27/h2,5-6,10-12,15H,3-4,7-8,13H2,1H3,(H,29,32). The Labute approximate surface area is 192 Å². The van der Waals surface area contributed by atoms with Crippen LogP contribution in [0.5, 0.6) is 0 Å². The first-order valence-corrected chi connectivity index (χ1v) is 10.7. The molecule has 0 aliphatic heterocycles. The highest BCUT2D eigenvalue weighted by atomic mass is 19.4. The first kappa shape index (κ1) is 23.3. The molecule has 1 amide bonds. The van der Waals surface area contributed by atoms with E-state index >= 15 is 0 Å². The Hall–Kier alpha value is -3.87. The predicted octanol–water partition coefficient (Wildman–Crippen LogP) is 4.42. The monoisotopic (exact) mass is 470 g/mol. The summed E-state index contributed by atoms with van der Waals surface area (Å²) in [5, 5.41) is 15.6. The Morgan fingerprint density at radius 2 is 2.06 bits per heavy atom. The van der Waals surface area contributed by atoms with Crippen LogP contribution in [0.4, 0.5) is 13.2 Å². The van der Waals surface area contributed by atoms with Gasteiger partial charge < -0.3 is 9.84 Å². The van der Waals surface area contributed by atoms with E-state index in [0.29, 0.717) is 22.9 Å². The van der Waals surface area contributed by atoms with Gasteiger partial charge >= 0.3 is 6.18 Å². The highest BCUT2D eigenvalue weighted by molar-refractivity contribution is 5.94. The zero-order valence-electron chi connectivity index (χ0n) is 18.3. The summed E-state index contributed by atoms with van der Waals surface area (Å²) >= 11 is 0. The molecule has 2 heterocycles. The van der Waals surface area contributed by atoms with Crippen molar-refractivity contribution in [3.8, 4) is 11.8 Å². The van der Waals surface area contributed by atoms with Gasteiger partial charge in [-0.25, -0.2) is 0 Å². The van der Waals surface area contributed by atoms with Crippen molar-refractivity contribution in [1.29, 1.82) is 5.26 Å². The third-order valence-electron chi connectivity index (χ3n) is 5.73. The number of pyridine rings is 1. The van der Waals surface area contributed by atoms with Crippen LogP contribution in [-0.4, -0.2) is 15.6 Å². The molecule has 0 bridgehead atoms. The van der Waals surface area contributed by atoms with E-state index < -0.39 is 23.2 Å². The maximum absolute atomic E-state index is 13.3. The molecule has 1 aliphatic carbocycles. The van der Waals surface area contributed by atoms with Gasteiger partial charge in [0.15, 0.2) is 5.76 Å². The van der Waals surface area contributed by atoms with Crippen LogP contribution in [0.3, 0.4) is 0 Å². The van der Waals surface area contributed by atoms with Gasteiger partial charge in [-0.05, 0) is 56.0 Å². The number of aromatic nitrogens is 2. The Morgan fingerprint density at radius 1 is 1.29 bits per heavy atom. The molecule has 176 valence electrons. The summed E-state index contributed by atoms with van der Waals surface area (Å²) < 4.78 is 46.1. The van der Waals surface area contributed by atoms with Crippen molar-refractivity contribution in [3.05, 3.63) is 80.6 Å². The van der Waals surface area contributed by atoms with E-state index in [1.165, 1.54) is 18.2 Å². The second-order valence-electron chi connectivity index (χ2n) is 8.19. The second-order valence-corrected chi connectivity index (χ2v) is 8.19. The lowest BCUT2D eigenvalue weighted by molar-refractivity contribution is -0.137. The lowest BCUT2D eigenvalue weighted by Crippen LogP contribution is -2.34. The number of benzene rings is 1. The lowest BCUT2D eigenvalue weighted by Gasteiger charge is -2.17. The fraction of sp³-hybridized carbons (Fsp3) is 0.333. The zero-order valence-corrected chi connectivity index (χ0v) is 18.3. The number of aryl methyl sites for hydroxylation is 1. The van der Waals surface area contributed by atoms with Crippen LogP contribution in [0.1, 0.15) is 63.8 Å². The first-order chi connectivity index (χ1) is 16.2. The molecule has 0 saturated heterocycles. The van der Waals surface area contributed by atoms with Crippen LogP contribution in [0, 0.1) is 18.3 Å². The third-order valence-corrected chi connectivity index (χ3v) is 5.73. The number of rotatable bonds is 7. The van der Waals surface area contributed by atoms with E-state index in [1.807, 2.05) is 6.07 Å². The van der Waals surface area contributed by atoms with E-state index in [4.69, 9.17) is 9.78 Å². The van der Waals surface area contributed by atoms with E-state index in [-0.39, 0.29) is 30.6 Å². The third kappa shape index (κ3) is 4.88. The molecular formula is C24H21F3N4O3. The summed E-state index contributed by atoms with van der Waals surface area (Å²) in [6.07, 6.45) is -2.16. The van der Waals surface area contributed by atoms with Gasteiger partial charge in [-0.1, -0.05) is 11.2 Å². The van der Waals surface area contributed by atoms with Crippen molar-refractivity contribution in [2.45, 2.75) is 51.2 Å². The number of hydrogen-bond acceptors (Lipinski definition) is 5. The number of nitriles is 1. The van der Waals surface area contributed by atoms with Crippen molar-refractivity contribution in [2.24, 2.45) is 0 Å². The summed E-state index contributed by atoms with van der Waals surface area (Å²) in [6.45, 7) is 1.58. The number of carbonyl (C=O) groups is 1. The van der Waals surface area contributed by atoms with Gasteiger partial charge in [-0.2, -0.15) is 18.4 Å². The summed E-state index contributed by atoms with van der Waals surface area (Å²) in [5.74, 6) is 0.117. The fourth-order valence-electron chi connectivity index (χ4n) is 3.74. The first-order valence-electron chi connectivity index (χ1n) is 10.7. The number of hydrogen-bond donors (Lipinski definition) is 1. The molecule has 7 nitrogen and oxygen atoms in total. The average Bonchev–Trinajstić information content (AvgIpc) is 3.54. The quantitative estimate of drug-likeness (QED) is 0.551. The van der Waals surface area contributed by atoms with Gasteiger partial charge in [0.1, 0.15) is 5.56 Å². The highest BCUT2D eigenvalue weighted by Crippen LogP contribution is 2.39. The van der Waals surface area contributed by atoms with Crippen LogP contribution in [-0.2, 0) is 19.1 Å². The molecule has 1 aliphatic rings. The van der Waals surface area contributed by atoms with Crippen LogP contribution in [0.2, 0.25) is 0 Å². The predicted molar refractivity (Wildman–Crippen MR) is 115 cm³/mol. The summed E-state index contributed by atoms with van der Waals surface area (Å²) in [7, 11) is 0. The smallest absolute Gasteiger partial charge is 0.359 e. The molecule has 1 saturated carbocycles. The van der Waals surface area contributed by atoms with Crippen LogP contribution >= 0.6 is 0 Å². The normalized spacial score (nSPS) is 13.5.